The minimum absolute atomic E-state index is 0.325. The van der Waals surface area contributed by atoms with Crippen molar-refractivity contribution >= 4 is 23.1 Å². The van der Waals surface area contributed by atoms with Crippen molar-refractivity contribution in [2.45, 2.75) is 32.7 Å². The molecule has 5 aromatic rings. The number of benzene rings is 2. The summed E-state index contributed by atoms with van der Waals surface area (Å²) in [5, 5.41) is 0. The maximum absolute atomic E-state index is 13.2. The van der Waals surface area contributed by atoms with Crippen LogP contribution in [0.1, 0.15) is 36.8 Å². The SMILES string of the molecule is CCCCc1nc2c(c(=O)n(C)c(=O)n2C)n1Cc1ccc(-c2ccccc2-c2ccc(C3=NC=CC3=C3C=CC=N3)[nH]2)cc1. The molecule has 0 aliphatic carbocycles. The molecule has 0 radical (unpaired) electrons. The molecule has 0 saturated heterocycles. The Bertz CT molecular complexity index is 2220. The number of aromatic nitrogens is 5. The molecular weight excluding hydrogens is 562 g/mol. The highest BCUT2D eigenvalue weighted by Gasteiger charge is 2.20. The van der Waals surface area contributed by atoms with E-state index < -0.39 is 0 Å². The molecule has 3 aromatic heterocycles. The van der Waals surface area contributed by atoms with E-state index in [0.29, 0.717) is 17.7 Å². The third-order valence-corrected chi connectivity index (χ3v) is 8.47. The first-order valence-electron chi connectivity index (χ1n) is 15.2. The van der Waals surface area contributed by atoms with Crippen LogP contribution in [-0.4, -0.2) is 35.6 Å². The highest BCUT2D eigenvalue weighted by atomic mass is 16.2. The first kappa shape index (κ1) is 28.2. The number of nitrogens with one attached hydrogen (secondary N) is 1. The van der Waals surface area contributed by atoms with Crippen LogP contribution >= 0.6 is 0 Å². The Kier molecular flexibility index (Phi) is 7.21. The van der Waals surface area contributed by atoms with Crippen LogP contribution in [0.25, 0.3) is 33.5 Å². The van der Waals surface area contributed by atoms with Crippen molar-refractivity contribution in [1.29, 1.82) is 0 Å². The van der Waals surface area contributed by atoms with Gasteiger partial charge in [-0.15, -0.1) is 0 Å². The number of allylic oxidation sites excluding steroid dienone is 4. The molecule has 2 aliphatic heterocycles. The average molecular weight is 596 g/mol. The summed E-state index contributed by atoms with van der Waals surface area (Å²) >= 11 is 0. The number of hydrogen-bond acceptors (Lipinski definition) is 5. The minimum atomic E-state index is -0.373. The third-order valence-electron chi connectivity index (χ3n) is 8.47. The van der Waals surface area contributed by atoms with Crippen LogP contribution in [0.3, 0.4) is 0 Å². The number of rotatable bonds is 8. The fourth-order valence-electron chi connectivity index (χ4n) is 6.04. The van der Waals surface area contributed by atoms with Gasteiger partial charge in [0.25, 0.3) is 5.56 Å². The fraction of sp³-hybridized carbons (Fsp3) is 0.194. The molecule has 0 unspecified atom stereocenters. The van der Waals surface area contributed by atoms with Crippen LogP contribution in [0, 0.1) is 0 Å². The van der Waals surface area contributed by atoms with Crippen LogP contribution in [0.15, 0.2) is 116 Å². The van der Waals surface area contributed by atoms with Gasteiger partial charge in [0.1, 0.15) is 5.82 Å². The summed E-state index contributed by atoms with van der Waals surface area (Å²) in [5.41, 5.74) is 9.23. The molecule has 2 aromatic carbocycles. The van der Waals surface area contributed by atoms with Crippen molar-refractivity contribution in [3.63, 3.8) is 0 Å². The molecular formula is C36H33N7O2. The molecule has 0 spiro atoms. The van der Waals surface area contributed by atoms with Gasteiger partial charge in [-0.1, -0.05) is 61.9 Å². The number of aromatic amines is 1. The van der Waals surface area contributed by atoms with Crippen molar-refractivity contribution in [2.24, 2.45) is 24.1 Å². The lowest BCUT2D eigenvalue weighted by atomic mass is 9.97. The average Bonchev–Trinajstić information content (AvgIpc) is 3.89. The van der Waals surface area contributed by atoms with Gasteiger partial charge in [-0.05, 0) is 53.5 Å². The number of imidazole rings is 1. The quantitative estimate of drug-likeness (QED) is 0.249. The Morgan fingerprint density at radius 2 is 1.64 bits per heavy atom. The molecule has 5 heterocycles. The number of aryl methyl sites for hydroxylation is 2. The predicted octanol–water partition coefficient (Wildman–Crippen LogP) is 5.70. The van der Waals surface area contributed by atoms with E-state index in [2.05, 4.69) is 70.4 Å². The van der Waals surface area contributed by atoms with E-state index in [1.807, 2.05) is 41.1 Å². The van der Waals surface area contributed by atoms with Gasteiger partial charge in [0.2, 0.25) is 0 Å². The number of H-pyrrole nitrogens is 1. The first-order chi connectivity index (χ1) is 21.9. The molecule has 9 heteroatoms. The van der Waals surface area contributed by atoms with Gasteiger partial charge in [0.15, 0.2) is 11.2 Å². The molecule has 0 saturated carbocycles. The van der Waals surface area contributed by atoms with Gasteiger partial charge in [0.05, 0.1) is 17.1 Å². The predicted molar refractivity (Wildman–Crippen MR) is 180 cm³/mol. The Labute approximate surface area is 259 Å². The molecule has 224 valence electrons. The summed E-state index contributed by atoms with van der Waals surface area (Å²) in [6.07, 6.45) is 12.2. The Hall–Kier alpha value is -5.57. The number of fused-ring (bicyclic) bond motifs is 1. The number of hydrogen-bond donors (Lipinski definition) is 1. The van der Waals surface area contributed by atoms with E-state index in [9.17, 15) is 9.59 Å². The van der Waals surface area contributed by atoms with E-state index >= 15 is 0 Å². The Morgan fingerprint density at radius 1 is 0.867 bits per heavy atom. The smallest absolute Gasteiger partial charge is 0.332 e. The Balaban J connectivity index is 1.21. The number of unbranched alkanes of at least 4 members (excludes halogenated alkanes) is 1. The highest BCUT2D eigenvalue weighted by molar-refractivity contribution is 6.16. The summed E-state index contributed by atoms with van der Waals surface area (Å²) in [5.74, 6) is 0.818. The summed E-state index contributed by atoms with van der Waals surface area (Å²) in [6, 6.07) is 20.9. The van der Waals surface area contributed by atoms with Crippen LogP contribution < -0.4 is 11.2 Å². The zero-order valence-corrected chi connectivity index (χ0v) is 25.5. The molecule has 45 heavy (non-hydrogen) atoms. The van der Waals surface area contributed by atoms with Crippen molar-refractivity contribution in [3.05, 3.63) is 134 Å². The summed E-state index contributed by atoms with van der Waals surface area (Å²) in [7, 11) is 3.18. The molecule has 1 N–H and O–H groups in total. The first-order valence-corrected chi connectivity index (χ1v) is 15.2. The van der Waals surface area contributed by atoms with Gasteiger partial charge >= 0.3 is 5.69 Å². The fourth-order valence-corrected chi connectivity index (χ4v) is 6.04. The van der Waals surface area contributed by atoms with Gasteiger partial charge < -0.3 is 9.55 Å². The van der Waals surface area contributed by atoms with Crippen LogP contribution in [-0.2, 0) is 27.1 Å². The molecule has 0 fully saturated rings. The third kappa shape index (κ3) is 4.96. The van der Waals surface area contributed by atoms with Gasteiger partial charge in [-0.3, -0.25) is 23.9 Å². The Morgan fingerprint density at radius 3 is 2.40 bits per heavy atom. The lowest BCUT2D eigenvalue weighted by molar-refractivity contribution is 0.683. The monoisotopic (exact) mass is 595 g/mol. The second-order valence-electron chi connectivity index (χ2n) is 11.4. The lowest BCUT2D eigenvalue weighted by Crippen LogP contribution is -2.37. The number of nitrogens with zero attached hydrogens (tertiary/aromatic N) is 6. The van der Waals surface area contributed by atoms with E-state index in [1.54, 1.807) is 13.3 Å². The second kappa shape index (κ2) is 11.5. The summed E-state index contributed by atoms with van der Waals surface area (Å²) < 4.78 is 4.60. The largest absolute Gasteiger partial charge is 0.353 e. The van der Waals surface area contributed by atoms with Crippen molar-refractivity contribution in [3.8, 4) is 22.4 Å². The molecule has 9 nitrogen and oxygen atoms in total. The van der Waals surface area contributed by atoms with Crippen LogP contribution in [0.5, 0.6) is 0 Å². The molecule has 2 aliphatic rings. The topological polar surface area (TPSA) is 102 Å². The normalized spacial score (nSPS) is 15.6. The highest BCUT2D eigenvalue weighted by Crippen LogP contribution is 2.33. The molecule has 0 amide bonds. The van der Waals surface area contributed by atoms with E-state index in [4.69, 9.17) is 4.98 Å². The minimum Gasteiger partial charge on any atom is -0.353 e. The zero-order valence-electron chi connectivity index (χ0n) is 25.5. The zero-order chi connectivity index (χ0) is 31.1. The molecule has 0 bridgehead atoms. The van der Waals surface area contributed by atoms with Gasteiger partial charge in [-0.2, -0.15) is 0 Å². The van der Waals surface area contributed by atoms with Crippen LogP contribution in [0.2, 0.25) is 0 Å². The van der Waals surface area contributed by atoms with Crippen molar-refractivity contribution in [2.75, 3.05) is 0 Å². The van der Waals surface area contributed by atoms with Crippen molar-refractivity contribution < 1.29 is 0 Å². The van der Waals surface area contributed by atoms with Gasteiger partial charge in [-0.25, -0.2) is 9.78 Å². The maximum Gasteiger partial charge on any atom is 0.332 e. The van der Waals surface area contributed by atoms with Gasteiger partial charge in [0, 0.05) is 56.3 Å². The van der Waals surface area contributed by atoms with E-state index in [-0.39, 0.29) is 11.2 Å². The second-order valence-corrected chi connectivity index (χ2v) is 11.4. The summed E-state index contributed by atoms with van der Waals surface area (Å²) in [4.78, 5) is 43.3. The van der Waals surface area contributed by atoms with Crippen molar-refractivity contribution in [1.82, 2.24) is 23.7 Å². The maximum atomic E-state index is 13.2. The van der Waals surface area contributed by atoms with Crippen LogP contribution in [0.4, 0.5) is 0 Å². The molecule has 0 atom stereocenters. The molecule has 7 rings (SSSR count). The van der Waals surface area contributed by atoms with E-state index in [0.717, 1.165) is 80.3 Å². The van der Waals surface area contributed by atoms with E-state index in [1.165, 1.54) is 11.6 Å². The number of aliphatic imine (C=N–C) groups is 2. The summed E-state index contributed by atoms with van der Waals surface area (Å²) in [6.45, 7) is 2.61. The standard InChI is InChI=1S/C36H33N7O2/c1-4-5-12-31-40-34-33(35(44)42(3)36(45)41(34)2)43(31)22-23-13-15-24(16-14-23)25-9-6-7-10-26(25)29-17-18-30(39-29)32-27(19-21-38-32)28-11-8-20-37-28/h6-11,13-21,39H,4-5,12,22H2,1-3H3. The lowest BCUT2D eigenvalue weighted by Gasteiger charge is -2.12.